The van der Waals surface area contributed by atoms with E-state index in [0.29, 0.717) is 22.6 Å². The zero-order valence-electron chi connectivity index (χ0n) is 15.6. The molecule has 2 aromatic carbocycles. The number of hydrogen-bond acceptors (Lipinski definition) is 7. The highest BCUT2D eigenvalue weighted by Gasteiger charge is 2.29. The topological polar surface area (TPSA) is 98.8 Å². The second-order valence-electron chi connectivity index (χ2n) is 6.20. The number of rotatable bonds is 5. The molecule has 154 valence electrons. The fourth-order valence-electron chi connectivity index (χ4n) is 2.99. The van der Waals surface area contributed by atoms with Crippen LogP contribution in [0.1, 0.15) is 38.7 Å². The average Bonchev–Trinajstić information content (AvgIpc) is 2.72. The van der Waals surface area contributed by atoms with Gasteiger partial charge in [0.2, 0.25) is 10.0 Å². The van der Waals surface area contributed by atoms with E-state index in [1.807, 2.05) is 0 Å². The first-order valence-corrected chi connectivity index (χ1v) is 11.0. The standard InChI is InChI=1S/C19H18FNO6S2/c1-26-18(22)11-8-12(19(23)27-2)10-13(9-11)29(24,25)21-16-6-7-28-17-14(16)4-3-5-15(17)20/h3-5,8-10,16,21H,6-7H2,1-2H3. The normalized spacial score (nSPS) is 16.0. The van der Waals surface area contributed by atoms with Gasteiger partial charge in [-0.15, -0.1) is 11.8 Å². The molecule has 29 heavy (non-hydrogen) atoms. The van der Waals surface area contributed by atoms with Crippen LogP contribution in [-0.2, 0) is 19.5 Å². The number of halogens is 1. The Labute approximate surface area is 171 Å². The predicted molar refractivity (Wildman–Crippen MR) is 104 cm³/mol. The van der Waals surface area contributed by atoms with Gasteiger partial charge >= 0.3 is 11.9 Å². The number of esters is 2. The maximum atomic E-state index is 14.1. The number of ether oxygens (including phenoxy) is 2. The predicted octanol–water partition coefficient (Wildman–Crippen LogP) is 2.91. The molecule has 0 saturated heterocycles. The van der Waals surface area contributed by atoms with Gasteiger partial charge in [-0.25, -0.2) is 27.1 Å². The summed E-state index contributed by atoms with van der Waals surface area (Å²) in [6, 6.07) is 7.30. The number of thioether (sulfide) groups is 1. The van der Waals surface area contributed by atoms with Gasteiger partial charge in [0.25, 0.3) is 0 Å². The van der Waals surface area contributed by atoms with Gasteiger partial charge in [-0.05, 0) is 42.0 Å². The van der Waals surface area contributed by atoms with Gasteiger partial charge in [0.1, 0.15) is 5.82 Å². The van der Waals surface area contributed by atoms with Gasteiger partial charge < -0.3 is 9.47 Å². The third-order valence-corrected chi connectivity index (χ3v) is 6.99. The van der Waals surface area contributed by atoms with E-state index in [4.69, 9.17) is 0 Å². The number of methoxy groups -OCH3 is 2. The molecule has 1 atom stereocenters. The second-order valence-corrected chi connectivity index (χ2v) is 9.02. The third-order valence-electron chi connectivity index (χ3n) is 4.38. The lowest BCUT2D eigenvalue weighted by Crippen LogP contribution is -2.31. The lowest BCUT2D eigenvalue weighted by Gasteiger charge is -2.26. The summed E-state index contributed by atoms with van der Waals surface area (Å²) in [6.07, 6.45) is 0.459. The number of sulfonamides is 1. The van der Waals surface area contributed by atoms with Crippen molar-refractivity contribution in [3.8, 4) is 0 Å². The lowest BCUT2D eigenvalue weighted by atomic mass is 10.0. The summed E-state index contributed by atoms with van der Waals surface area (Å²) in [7, 11) is -1.85. The van der Waals surface area contributed by atoms with Gasteiger partial charge in [0.05, 0.1) is 30.2 Å². The zero-order valence-corrected chi connectivity index (χ0v) is 17.2. The molecule has 10 heteroatoms. The van der Waals surface area contributed by atoms with Crippen LogP contribution in [0.2, 0.25) is 0 Å². The van der Waals surface area contributed by atoms with E-state index in [0.717, 1.165) is 26.4 Å². The van der Waals surface area contributed by atoms with Crippen LogP contribution in [-0.4, -0.2) is 40.3 Å². The van der Waals surface area contributed by atoms with Crippen LogP contribution in [0, 0.1) is 5.82 Å². The molecule has 3 rings (SSSR count). The van der Waals surface area contributed by atoms with Crippen LogP contribution in [0.15, 0.2) is 46.2 Å². The molecule has 0 bridgehead atoms. The maximum absolute atomic E-state index is 14.1. The molecule has 0 amide bonds. The molecule has 1 unspecified atom stereocenters. The van der Waals surface area contributed by atoms with Crippen molar-refractivity contribution in [3.05, 3.63) is 58.9 Å². The molecule has 7 nitrogen and oxygen atoms in total. The van der Waals surface area contributed by atoms with Crippen molar-refractivity contribution in [2.24, 2.45) is 0 Å². The Balaban J connectivity index is 2.01. The van der Waals surface area contributed by atoms with Gasteiger partial charge in [-0.3, -0.25) is 0 Å². The highest BCUT2D eigenvalue weighted by molar-refractivity contribution is 7.99. The highest BCUT2D eigenvalue weighted by Crippen LogP contribution is 2.38. The first-order valence-electron chi connectivity index (χ1n) is 8.52. The van der Waals surface area contributed by atoms with Crippen molar-refractivity contribution in [3.63, 3.8) is 0 Å². The molecule has 0 fully saturated rings. The van der Waals surface area contributed by atoms with E-state index < -0.39 is 33.8 Å². The minimum Gasteiger partial charge on any atom is -0.465 e. The number of benzene rings is 2. The molecule has 0 spiro atoms. The monoisotopic (exact) mass is 439 g/mol. The summed E-state index contributed by atoms with van der Waals surface area (Å²) in [6.45, 7) is 0. The van der Waals surface area contributed by atoms with Crippen molar-refractivity contribution >= 4 is 33.7 Å². The molecule has 1 aliphatic heterocycles. The van der Waals surface area contributed by atoms with Crippen molar-refractivity contribution in [1.82, 2.24) is 4.72 Å². The summed E-state index contributed by atoms with van der Waals surface area (Å²) in [5, 5.41) is 0. The smallest absolute Gasteiger partial charge is 0.337 e. The molecule has 0 aliphatic carbocycles. The van der Waals surface area contributed by atoms with E-state index >= 15 is 0 Å². The van der Waals surface area contributed by atoms with E-state index in [9.17, 15) is 22.4 Å². The lowest BCUT2D eigenvalue weighted by molar-refractivity contribution is 0.0598. The fraction of sp³-hybridized carbons (Fsp3) is 0.263. The zero-order chi connectivity index (χ0) is 21.2. The molecule has 0 saturated carbocycles. The molecule has 2 aromatic rings. The fourth-order valence-corrected chi connectivity index (χ4v) is 5.45. The van der Waals surface area contributed by atoms with Gasteiger partial charge in [0.15, 0.2) is 0 Å². The Morgan fingerprint density at radius 3 is 2.31 bits per heavy atom. The number of carbonyl (C=O) groups is 2. The van der Waals surface area contributed by atoms with E-state index in [1.165, 1.54) is 30.0 Å². The van der Waals surface area contributed by atoms with E-state index in [1.54, 1.807) is 6.07 Å². The van der Waals surface area contributed by atoms with Gasteiger partial charge in [-0.2, -0.15) is 0 Å². The van der Waals surface area contributed by atoms with Crippen molar-refractivity contribution in [2.75, 3.05) is 20.0 Å². The number of hydrogen-bond donors (Lipinski definition) is 1. The SMILES string of the molecule is COC(=O)c1cc(C(=O)OC)cc(S(=O)(=O)NC2CCSc3c(F)cccc32)c1. The summed E-state index contributed by atoms with van der Waals surface area (Å²) >= 11 is 1.33. The molecule has 1 N–H and O–H groups in total. The highest BCUT2D eigenvalue weighted by atomic mass is 32.2. The minimum absolute atomic E-state index is 0.110. The quantitative estimate of drug-likeness (QED) is 0.715. The molecule has 1 heterocycles. The summed E-state index contributed by atoms with van der Waals surface area (Å²) < 4.78 is 51.9. The molecule has 0 aromatic heterocycles. The van der Waals surface area contributed by atoms with E-state index in [2.05, 4.69) is 14.2 Å². The van der Waals surface area contributed by atoms with Crippen molar-refractivity contribution in [2.45, 2.75) is 22.3 Å². The first-order chi connectivity index (χ1) is 13.8. The summed E-state index contributed by atoms with van der Waals surface area (Å²) in [5.41, 5.74) is 0.324. The summed E-state index contributed by atoms with van der Waals surface area (Å²) in [5.74, 6) is -1.46. The second kappa shape index (κ2) is 8.52. The van der Waals surface area contributed by atoms with Crippen molar-refractivity contribution < 1.29 is 31.9 Å². The van der Waals surface area contributed by atoms with Gasteiger partial charge in [-0.1, -0.05) is 12.1 Å². The Bertz CT molecular complexity index is 1040. The third kappa shape index (κ3) is 4.44. The Morgan fingerprint density at radius 1 is 1.10 bits per heavy atom. The van der Waals surface area contributed by atoms with Crippen LogP contribution < -0.4 is 4.72 Å². The molecule has 0 radical (unpaired) electrons. The molecular formula is C19H18FNO6S2. The Hall–Kier alpha value is -2.43. The first kappa shape index (κ1) is 21.3. The summed E-state index contributed by atoms with van der Waals surface area (Å²) in [4.78, 5) is 23.9. The molecular weight excluding hydrogens is 421 g/mol. The van der Waals surface area contributed by atoms with Crippen LogP contribution >= 0.6 is 11.8 Å². The largest absolute Gasteiger partial charge is 0.465 e. The van der Waals surface area contributed by atoms with E-state index in [-0.39, 0.29) is 16.0 Å². The number of nitrogens with one attached hydrogen (secondary N) is 1. The van der Waals surface area contributed by atoms with Crippen molar-refractivity contribution in [1.29, 1.82) is 0 Å². The van der Waals surface area contributed by atoms with Crippen LogP contribution in [0.5, 0.6) is 0 Å². The Morgan fingerprint density at radius 2 is 1.72 bits per heavy atom. The van der Waals surface area contributed by atoms with Crippen LogP contribution in [0.3, 0.4) is 0 Å². The number of fused-ring (bicyclic) bond motifs is 1. The van der Waals surface area contributed by atoms with Crippen LogP contribution in [0.4, 0.5) is 4.39 Å². The minimum atomic E-state index is -4.14. The number of carbonyl (C=O) groups excluding carboxylic acids is 2. The maximum Gasteiger partial charge on any atom is 0.337 e. The van der Waals surface area contributed by atoms with Gasteiger partial charge in [0, 0.05) is 10.9 Å². The molecule has 1 aliphatic rings. The Kier molecular flexibility index (Phi) is 6.25. The van der Waals surface area contributed by atoms with Crippen LogP contribution in [0.25, 0.3) is 0 Å². The average molecular weight is 439 g/mol.